The van der Waals surface area contributed by atoms with Crippen LogP contribution in [0.15, 0.2) is 12.3 Å². The first-order valence-corrected chi connectivity index (χ1v) is 7.24. The molecule has 0 fully saturated rings. The van der Waals surface area contributed by atoms with Gasteiger partial charge in [-0.15, -0.1) is 0 Å². The third-order valence-electron chi connectivity index (χ3n) is 3.82. The van der Waals surface area contributed by atoms with Crippen LogP contribution in [0.25, 0.3) is 0 Å². The van der Waals surface area contributed by atoms with Crippen molar-refractivity contribution in [1.29, 1.82) is 0 Å². The van der Waals surface area contributed by atoms with E-state index in [-0.39, 0.29) is 17.3 Å². The molecule has 1 unspecified atom stereocenters. The Morgan fingerprint density at radius 3 is 2.40 bits per heavy atom. The molecule has 1 aromatic heterocycles. The fourth-order valence-electron chi connectivity index (χ4n) is 1.93. The highest BCUT2D eigenvalue weighted by atomic mass is 19.1. The summed E-state index contributed by atoms with van der Waals surface area (Å²) in [7, 11) is 1.90. The molecule has 0 spiro atoms. The zero-order valence-corrected chi connectivity index (χ0v) is 13.8. The van der Waals surface area contributed by atoms with Crippen LogP contribution in [0.5, 0.6) is 0 Å². The van der Waals surface area contributed by atoms with Crippen LogP contribution in [-0.4, -0.2) is 24.1 Å². The Morgan fingerprint density at radius 2 is 1.90 bits per heavy atom. The van der Waals surface area contributed by atoms with Gasteiger partial charge in [0.15, 0.2) is 11.6 Å². The Hall–Kier alpha value is -1.16. The van der Waals surface area contributed by atoms with E-state index >= 15 is 0 Å². The van der Waals surface area contributed by atoms with Crippen LogP contribution >= 0.6 is 0 Å². The number of anilines is 1. The summed E-state index contributed by atoms with van der Waals surface area (Å²) in [6, 6.07) is 2.26. The topological polar surface area (TPSA) is 28.2 Å². The zero-order valence-electron chi connectivity index (χ0n) is 13.8. The van der Waals surface area contributed by atoms with Crippen molar-refractivity contribution in [1.82, 2.24) is 10.3 Å². The summed E-state index contributed by atoms with van der Waals surface area (Å²) in [6.07, 6.45) is 1.68. The maximum Gasteiger partial charge on any atom is 0.170 e. The third-order valence-corrected chi connectivity index (χ3v) is 3.82. The van der Waals surface area contributed by atoms with Crippen molar-refractivity contribution < 1.29 is 4.39 Å². The Kier molecular flexibility index (Phi) is 5.51. The number of hydrogen-bond acceptors (Lipinski definition) is 3. The van der Waals surface area contributed by atoms with Gasteiger partial charge in [-0.2, -0.15) is 0 Å². The molecule has 114 valence electrons. The molecular weight excluding hydrogens is 253 g/mol. The van der Waals surface area contributed by atoms with Crippen LogP contribution in [-0.2, 0) is 6.54 Å². The van der Waals surface area contributed by atoms with Crippen LogP contribution < -0.4 is 10.2 Å². The van der Waals surface area contributed by atoms with Gasteiger partial charge in [-0.05, 0) is 18.4 Å². The number of nitrogens with zero attached hydrogens (tertiary/aromatic N) is 2. The molecule has 0 aromatic carbocycles. The van der Waals surface area contributed by atoms with Gasteiger partial charge in [0.05, 0.1) is 0 Å². The van der Waals surface area contributed by atoms with Crippen LogP contribution in [0.2, 0.25) is 0 Å². The molecule has 1 heterocycles. The predicted octanol–water partition coefficient (Wildman–Crippen LogP) is 3.59. The summed E-state index contributed by atoms with van der Waals surface area (Å²) in [5.74, 6) is 0.203. The third kappa shape index (κ3) is 4.17. The SMILES string of the molecule is CC(C)NCc1ccnc(N(C)C(C)C(C)(C)C)c1F. The largest absolute Gasteiger partial charge is 0.354 e. The lowest BCUT2D eigenvalue weighted by Gasteiger charge is -2.36. The molecule has 1 rings (SSSR count). The van der Waals surface area contributed by atoms with E-state index in [4.69, 9.17) is 0 Å². The summed E-state index contributed by atoms with van der Waals surface area (Å²) in [5.41, 5.74) is 0.728. The molecule has 1 aromatic rings. The van der Waals surface area contributed by atoms with Crippen molar-refractivity contribution >= 4 is 5.82 Å². The molecule has 0 bridgehead atoms. The lowest BCUT2D eigenvalue weighted by molar-refractivity contribution is 0.326. The molecule has 0 aliphatic heterocycles. The number of hydrogen-bond donors (Lipinski definition) is 1. The first-order valence-electron chi connectivity index (χ1n) is 7.24. The van der Waals surface area contributed by atoms with Crippen LogP contribution in [0.4, 0.5) is 10.2 Å². The number of pyridine rings is 1. The second-order valence-electron chi connectivity index (χ2n) is 6.80. The van der Waals surface area contributed by atoms with E-state index < -0.39 is 0 Å². The molecule has 1 atom stereocenters. The van der Waals surface area contributed by atoms with Crippen LogP contribution in [0, 0.1) is 11.2 Å². The lowest BCUT2D eigenvalue weighted by Crippen LogP contribution is -2.40. The van der Waals surface area contributed by atoms with Gasteiger partial charge in [-0.1, -0.05) is 34.6 Å². The number of aromatic nitrogens is 1. The first kappa shape index (κ1) is 16.9. The molecule has 3 nitrogen and oxygen atoms in total. The summed E-state index contributed by atoms with van der Waals surface area (Å²) in [5, 5.41) is 3.24. The minimum absolute atomic E-state index is 0.0645. The van der Waals surface area contributed by atoms with Gasteiger partial charge in [0.1, 0.15) is 0 Å². The lowest BCUT2D eigenvalue weighted by atomic mass is 9.87. The molecule has 0 amide bonds. The van der Waals surface area contributed by atoms with Gasteiger partial charge in [-0.25, -0.2) is 9.37 Å². The molecule has 0 radical (unpaired) electrons. The van der Waals surface area contributed by atoms with Crippen LogP contribution in [0.3, 0.4) is 0 Å². The van der Waals surface area contributed by atoms with E-state index in [0.29, 0.717) is 24.0 Å². The molecule has 0 saturated carbocycles. The van der Waals surface area contributed by atoms with Crippen molar-refractivity contribution in [2.45, 2.75) is 60.2 Å². The van der Waals surface area contributed by atoms with Gasteiger partial charge in [-0.3, -0.25) is 0 Å². The van der Waals surface area contributed by atoms with Crippen molar-refractivity contribution in [3.63, 3.8) is 0 Å². The standard InChI is InChI=1S/C16H28FN3/c1-11(2)19-10-13-8-9-18-15(14(13)17)20(7)12(3)16(4,5)6/h8-9,11-12,19H,10H2,1-7H3. The molecular formula is C16H28FN3. The van der Waals surface area contributed by atoms with Crippen molar-refractivity contribution in [2.75, 3.05) is 11.9 Å². The Balaban J connectivity index is 2.99. The predicted molar refractivity (Wildman–Crippen MR) is 83.5 cm³/mol. The molecule has 0 aliphatic rings. The van der Waals surface area contributed by atoms with E-state index in [2.05, 4.69) is 38.0 Å². The second kappa shape index (κ2) is 6.53. The number of rotatable bonds is 5. The summed E-state index contributed by atoms with van der Waals surface area (Å²) in [4.78, 5) is 6.15. The quantitative estimate of drug-likeness (QED) is 0.894. The highest BCUT2D eigenvalue weighted by molar-refractivity contribution is 5.43. The van der Waals surface area contributed by atoms with E-state index in [0.717, 1.165) is 0 Å². The van der Waals surface area contributed by atoms with Gasteiger partial charge in [0.2, 0.25) is 0 Å². The maximum atomic E-state index is 14.6. The molecule has 1 N–H and O–H groups in total. The second-order valence-corrected chi connectivity index (χ2v) is 6.80. The van der Waals surface area contributed by atoms with Crippen molar-refractivity contribution in [3.05, 3.63) is 23.6 Å². The summed E-state index contributed by atoms with van der Waals surface area (Å²) >= 11 is 0. The molecule has 0 saturated heterocycles. The summed E-state index contributed by atoms with van der Waals surface area (Å²) < 4.78 is 14.6. The smallest absolute Gasteiger partial charge is 0.170 e. The maximum absolute atomic E-state index is 14.6. The van der Waals surface area contributed by atoms with E-state index in [1.54, 1.807) is 12.3 Å². The monoisotopic (exact) mass is 281 g/mol. The van der Waals surface area contributed by atoms with Gasteiger partial charge < -0.3 is 10.2 Å². The van der Waals surface area contributed by atoms with Gasteiger partial charge in [0, 0.05) is 37.4 Å². The number of nitrogens with one attached hydrogen (secondary N) is 1. The molecule has 0 aliphatic carbocycles. The highest BCUT2D eigenvalue weighted by Gasteiger charge is 2.26. The minimum Gasteiger partial charge on any atom is -0.354 e. The van der Waals surface area contributed by atoms with Crippen LogP contribution in [0.1, 0.15) is 47.1 Å². The molecule has 4 heteroatoms. The average Bonchev–Trinajstić information content (AvgIpc) is 2.34. The molecule has 20 heavy (non-hydrogen) atoms. The Morgan fingerprint density at radius 1 is 1.30 bits per heavy atom. The van der Waals surface area contributed by atoms with E-state index in [1.165, 1.54) is 0 Å². The van der Waals surface area contributed by atoms with Crippen molar-refractivity contribution in [2.24, 2.45) is 5.41 Å². The van der Waals surface area contributed by atoms with E-state index in [1.807, 2.05) is 25.8 Å². The first-order chi connectivity index (χ1) is 9.14. The Bertz CT molecular complexity index is 438. The fourth-order valence-corrected chi connectivity index (χ4v) is 1.93. The summed E-state index contributed by atoms with van der Waals surface area (Å²) in [6.45, 7) is 13.2. The average molecular weight is 281 g/mol. The van der Waals surface area contributed by atoms with Gasteiger partial charge in [0.25, 0.3) is 0 Å². The van der Waals surface area contributed by atoms with E-state index in [9.17, 15) is 4.39 Å². The fraction of sp³-hybridized carbons (Fsp3) is 0.688. The Labute approximate surface area is 122 Å². The zero-order chi connectivity index (χ0) is 15.5. The van der Waals surface area contributed by atoms with Gasteiger partial charge >= 0.3 is 0 Å². The van der Waals surface area contributed by atoms with Crippen molar-refractivity contribution in [3.8, 4) is 0 Å². The minimum atomic E-state index is -0.223. The normalized spacial score (nSPS) is 13.7. The highest BCUT2D eigenvalue weighted by Crippen LogP contribution is 2.28. The number of halogens is 1.